The lowest BCUT2D eigenvalue weighted by molar-refractivity contribution is 0.101. The molecule has 0 N–H and O–H groups in total. The Morgan fingerprint density at radius 2 is 1.52 bits per heavy atom. The van der Waals surface area contributed by atoms with Gasteiger partial charge in [-0.3, -0.25) is 9.59 Å². The van der Waals surface area contributed by atoms with E-state index in [1.807, 2.05) is 44.2 Å². The fraction of sp³-hybridized carbons (Fsp3) is 0.222. The van der Waals surface area contributed by atoms with Gasteiger partial charge in [-0.15, -0.1) is 0 Å². The van der Waals surface area contributed by atoms with E-state index in [1.165, 1.54) is 24.7 Å². The number of fused-ring (bicyclic) bond motifs is 3. The summed E-state index contributed by atoms with van der Waals surface area (Å²) in [7, 11) is 3.19. The second-order valence-corrected chi connectivity index (χ2v) is 11.1. The average Bonchev–Trinajstić information content (AvgIpc) is 3.77. The van der Waals surface area contributed by atoms with Crippen LogP contribution in [0.1, 0.15) is 68.7 Å². The Labute approximate surface area is 255 Å². The normalized spacial score (nSPS) is 16.7. The van der Waals surface area contributed by atoms with Crippen LogP contribution in [0.15, 0.2) is 82.1 Å². The minimum atomic E-state index is -0.523. The van der Waals surface area contributed by atoms with Crippen molar-refractivity contribution in [1.29, 1.82) is 0 Å². The van der Waals surface area contributed by atoms with Gasteiger partial charge in [-0.25, -0.2) is 0 Å². The predicted molar refractivity (Wildman–Crippen MR) is 166 cm³/mol. The molecule has 0 fully saturated rings. The van der Waals surface area contributed by atoms with Crippen molar-refractivity contribution in [3.63, 3.8) is 0 Å². The van der Waals surface area contributed by atoms with E-state index in [9.17, 15) is 9.59 Å². The zero-order valence-corrected chi connectivity index (χ0v) is 24.9. The highest BCUT2D eigenvalue weighted by Gasteiger charge is 2.32. The summed E-state index contributed by atoms with van der Waals surface area (Å²) in [5.74, 6) is 2.60. The van der Waals surface area contributed by atoms with Crippen molar-refractivity contribution >= 4 is 29.8 Å². The molecular weight excluding hydrogens is 560 g/mol. The van der Waals surface area contributed by atoms with E-state index in [2.05, 4.69) is 0 Å². The summed E-state index contributed by atoms with van der Waals surface area (Å²) in [6.45, 7) is 4.36. The predicted octanol–water partition coefficient (Wildman–Crippen LogP) is 7.58. The standard InChI is InChI=1S/C36H32O8/c1-36(2)14-13-26-34-24(17-23(35(26)44-36)10-12-29(38)31-8-6-16-42-31)18-25(21-43-34)27-19-22(32(39-3)20-33(27)40-4)9-11-28(37)30-7-5-15-41-30/h5-17,19-20,25H,18,21H2,1-4H3/b11-9+,12-10+. The maximum atomic E-state index is 12.7. The van der Waals surface area contributed by atoms with Gasteiger partial charge in [0.05, 0.1) is 38.9 Å². The molecule has 2 aliphatic heterocycles. The maximum absolute atomic E-state index is 12.7. The Balaban J connectivity index is 1.36. The summed E-state index contributed by atoms with van der Waals surface area (Å²) < 4.78 is 34.7. The molecule has 6 rings (SSSR count). The SMILES string of the molecule is COc1cc(OC)c(C2COc3c(cc(/C=C/C(=O)c4ccco4)c4c3C=CC(C)(C)O4)C2)cc1/C=C/C(=O)c1ccco1. The van der Waals surface area contributed by atoms with Gasteiger partial charge in [-0.1, -0.05) is 0 Å². The highest BCUT2D eigenvalue weighted by Crippen LogP contribution is 2.47. The van der Waals surface area contributed by atoms with E-state index in [1.54, 1.807) is 50.6 Å². The zero-order chi connectivity index (χ0) is 30.8. The Hall–Kier alpha value is -5.24. The molecule has 0 aliphatic carbocycles. The Morgan fingerprint density at radius 3 is 2.14 bits per heavy atom. The Kier molecular flexibility index (Phi) is 7.74. The van der Waals surface area contributed by atoms with Crippen molar-refractivity contribution in [3.05, 3.63) is 113 Å². The number of carbonyl (C=O) groups is 2. The van der Waals surface area contributed by atoms with Crippen LogP contribution in [-0.4, -0.2) is 38.0 Å². The quantitative estimate of drug-likeness (QED) is 0.145. The van der Waals surface area contributed by atoms with Crippen LogP contribution < -0.4 is 18.9 Å². The number of hydrogen-bond acceptors (Lipinski definition) is 8. The third-order valence-corrected chi connectivity index (χ3v) is 7.66. The van der Waals surface area contributed by atoms with E-state index in [0.717, 1.165) is 33.6 Å². The largest absolute Gasteiger partial charge is 0.496 e. The highest BCUT2D eigenvalue weighted by atomic mass is 16.5. The summed E-state index contributed by atoms with van der Waals surface area (Å²) in [5, 5.41) is 0. The summed E-state index contributed by atoms with van der Waals surface area (Å²) in [5.41, 5.74) is 3.69. The molecule has 0 amide bonds. The number of benzene rings is 2. The van der Waals surface area contributed by atoms with Gasteiger partial charge in [0.15, 0.2) is 11.5 Å². The molecule has 0 bridgehead atoms. The van der Waals surface area contributed by atoms with Crippen LogP contribution in [0.3, 0.4) is 0 Å². The van der Waals surface area contributed by atoms with Crippen molar-refractivity contribution in [2.45, 2.75) is 31.8 Å². The molecule has 4 heterocycles. The van der Waals surface area contributed by atoms with Crippen LogP contribution in [-0.2, 0) is 6.42 Å². The van der Waals surface area contributed by atoms with Crippen molar-refractivity contribution in [1.82, 2.24) is 0 Å². The number of ether oxygens (including phenoxy) is 4. The van der Waals surface area contributed by atoms with Gasteiger partial charge in [0.25, 0.3) is 0 Å². The monoisotopic (exact) mass is 592 g/mol. The van der Waals surface area contributed by atoms with Crippen molar-refractivity contribution < 1.29 is 37.4 Å². The number of hydrogen-bond donors (Lipinski definition) is 0. The number of ketones is 2. The molecule has 8 nitrogen and oxygen atoms in total. The molecular formula is C36H32O8. The molecule has 2 aliphatic rings. The van der Waals surface area contributed by atoms with E-state index in [4.69, 9.17) is 27.8 Å². The molecule has 0 radical (unpaired) electrons. The summed E-state index contributed by atoms with van der Waals surface area (Å²) in [6, 6.07) is 12.4. The summed E-state index contributed by atoms with van der Waals surface area (Å²) in [4.78, 5) is 25.3. The Bertz CT molecular complexity index is 1790. The number of rotatable bonds is 9. The third-order valence-electron chi connectivity index (χ3n) is 7.66. The number of carbonyl (C=O) groups excluding carboxylic acids is 2. The molecule has 224 valence electrons. The molecule has 44 heavy (non-hydrogen) atoms. The van der Waals surface area contributed by atoms with Crippen LogP contribution in [0.4, 0.5) is 0 Å². The van der Waals surface area contributed by atoms with Crippen LogP contribution in [0.25, 0.3) is 18.2 Å². The molecule has 8 heteroatoms. The number of furan rings is 2. The third kappa shape index (κ3) is 5.71. The Morgan fingerprint density at radius 1 is 0.864 bits per heavy atom. The van der Waals surface area contributed by atoms with Crippen LogP contribution >= 0.6 is 0 Å². The van der Waals surface area contributed by atoms with Gasteiger partial charge in [0, 0.05) is 28.7 Å². The fourth-order valence-corrected chi connectivity index (χ4v) is 5.48. The van der Waals surface area contributed by atoms with Crippen LogP contribution in [0, 0.1) is 0 Å². The van der Waals surface area contributed by atoms with Gasteiger partial charge in [-0.2, -0.15) is 0 Å². The first-order chi connectivity index (χ1) is 21.3. The molecule has 0 saturated carbocycles. The molecule has 4 aromatic rings. The first kappa shape index (κ1) is 28.9. The lowest BCUT2D eigenvalue weighted by Crippen LogP contribution is -2.29. The van der Waals surface area contributed by atoms with Gasteiger partial charge >= 0.3 is 0 Å². The van der Waals surface area contributed by atoms with Gasteiger partial charge < -0.3 is 27.8 Å². The van der Waals surface area contributed by atoms with E-state index >= 15 is 0 Å². The van der Waals surface area contributed by atoms with Gasteiger partial charge in [-0.05, 0) is 98.7 Å². The van der Waals surface area contributed by atoms with E-state index in [-0.39, 0.29) is 29.0 Å². The van der Waals surface area contributed by atoms with Gasteiger partial charge in [0.1, 0.15) is 28.6 Å². The summed E-state index contributed by atoms with van der Waals surface area (Å²) >= 11 is 0. The molecule has 1 unspecified atom stereocenters. The number of allylic oxidation sites excluding steroid dienone is 2. The zero-order valence-electron chi connectivity index (χ0n) is 24.9. The topological polar surface area (TPSA) is 97.3 Å². The summed E-state index contributed by atoms with van der Waals surface area (Å²) in [6.07, 6.45) is 14.0. The van der Waals surface area contributed by atoms with Crippen molar-refractivity contribution in [2.75, 3.05) is 20.8 Å². The highest BCUT2D eigenvalue weighted by molar-refractivity contribution is 6.05. The maximum Gasteiger partial charge on any atom is 0.221 e. The van der Waals surface area contributed by atoms with Crippen LogP contribution in [0.5, 0.6) is 23.0 Å². The minimum Gasteiger partial charge on any atom is -0.496 e. The van der Waals surface area contributed by atoms with Crippen molar-refractivity contribution in [3.8, 4) is 23.0 Å². The molecule has 0 spiro atoms. The van der Waals surface area contributed by atoms with E-state index in [0.29, 0.717) is 30.3 Å². The molecule has 2 aromatic heterocycles. The average molecular weight is 593 g/mol. The first-order valence-electron chi connectivity index (χ1n) is 14.2. The van der Waals surface area contributed by atoms with Gasteiger partial charge in [0.2, 0.25) is 11.6 Å². The smallest absolute Gasteiger partial charge is 0.221 e. The molecule has 2 aromatic carbocycles. The molecule has 0 saturated heterocycles. The van der Waals surface area contributed by atoms with Crippen LogP contribution in [0.2, 0.25) is 0 Å². The minimum absolute atomic E-state index is 0.0687. The lowest BCUT2D eigenvalue weighted by atomic mass is 9.85. The fourth-order valence-electron chi connectivity index (χ4n) is 5.48. The lowest BCUT2D eigenvalue weighted by Gasteiger charge is -2.34. The number of methoxy groups -OCH3 is 2. The molecule has 1 atom stereocenters. The second kappa shape index (κ2) is 11.8. The van der Waals surface area contributed by atoms with Crippen molar-refractivity contribution in [2.24, 2.45) is 0 Å². The second-order valence-electron chi connectivity index (χ2n) is 11.1. The van der Waals surface area contributed by atoms with E-state index < -0.39 is 5.60 Å². The first-order valence-corrected chi connectivity index (χ1v) is 14.2.